The third kappa shape index (κ3) is 2.77. The van der Waals surface area contributed by atoms with Crippen LogP contribution in [0.1, 0.15) is 31.0 Å². The van der Waals surface area contributed by atoms with Gasteiger partial charge in [0, 0.05) is 18.4 Å². The average molecular weight is 240 g/mol. The molecule has 2 aromatic rings. The Morgan fingerprint density at radius 2 is 2.11 bits per heavy atom. The number of nitrogens with zero attached hydrogens (tertiary/aromatic N) is 1. The standard InChI is InChI=1S/C16H20N2/c1-4-18-13(3)14-6-5-7-15(10-14)16-8-9-17-11-12(16)2/h5-11,13,18H,4H2,1-3H3. The molecule has 18 heavy (non-hydrogen) atoms. The van der Waals surface area contributed by atoms with Gasteiger partial charge in [0.2, 0.25) is 0 Å². The minimum Gasteiger partial charge on any atom is -0.310 e. The van der Waals surface area contributed by atoms with E-state index in [9.17, 15) is 0 Å². The van der Waals surface area contributed by atoms with E-state index < -0.39 is 0 Å². The van der Waals surface area contributed by atoms with Crippen molar-refractivity contribution >= 4 is 0 Å². The zero-order chi connectivity index (χ0) is 13.0. The van der Waals surface area contributed by atoms with Crippen molar-refractivity contribution < 1.29 is 0 Å². The molecule has 1 heterocycles. The Kier molecular flexibility index (Phi) is 4.11. The van der Waals surface area contributed by atoms with Crippen LogP contribution in [-0.2, 0) is 0 Å². The second-order valence-corrected chi connectivity index (χ2v) is 4.60. The summed E-state index contributed by atoms with van der Waals surface area (Å²) >= 11 is 0. The van der Waals surface area contributed by atoms with Crippen molar-refractivity contribution in [3.05, 3.63) is 53.9 Å². The summed E-state index contributed by atoms with van der Waals surface area (Å²) in [4.78, 5) is 4.15. The van der Waals surface area contributed by atoms with Crippen LogP contribution in [0.25, 0.3) is 11.1 Å². The molecule has 0 amide bonds. The molecule has 1 aromatic heterocycles. The van der Waals surface area contributed by atoms with Crippen molar-refractivity contribution in [1.82, 2.24) is 10.3 Å². The summed E-state index contributed by atoms with van der Waals surface area (Å²) in [7, 11) is 0. The van der Waals surface area contributed by atoms with Crippen LogP contribution < -0.4 is 5.32 Å². The summed E-state index contributed by atoms with van der Waals surface area (Å²) in [6.07, 6.45) is 3.76. The number of pyridine rings is 1. The van der Waals surface area contributed by atoms with Crippen LogP contribution in [-0.4, -0.2) is 11.5 Å². The van der Waals surface area contributed by atoms with Crippen molar-refractivity contribution in [1.29, 1.82) is 0 Å². The van der Waals surface area contributed by atoms with E-state index in [1.807, 2.05) is 12.4 Å². The van der Waals surface area contributed by atoms with Gasteiger partial charge < -0.3 is 5.32 Å². The van der Waals surface area contributed by atoms with Gasteiger partial charge in [0.1, 0.15) is 0 Å². The second kappa shape index (κ2) is 5.78. The summed E-state index contributed by atoms with van der Waals surface area (Å²) in [5, 5.41) is 3.44. The van der Waals surface area contributed by atoms with Crippen molar-refractivity contribution in [2.24, 2.45) is 0 Å². The van der Waals surface area contributed by atoms with E-state index in [4.69, 9.17) is 0 Å². The SMILES string of the molecule is CCNC(C)c1cccc(-c2ccncc2C)c1. The zero-order valence-corrected chi connectivity index (χ0v) is 11.3. The van der Waals surface area contributed by atoms with Crippen molar-refractivity contribution in [2.75, 3.05) is 6.54 Å². The molecule has 2 heteroatoms. The summed E-state index contributed by atoms with van der Waals surface area (Å²) in [6.45, 7) is 7.41. The van der Waals surface area contributed by atoms with E-state index in [1.54, 1.807) is 0 Å². The molecule has 0 saturated heterocycles. The van der Waals surface area contributed by atoms with Crippen molar-refractivity contribution in [3.63, 3.8) is 0 Å². The lowest BCUT2D eigenvalue weighted by atomic mass is 9.98. The van der Waals surface area contributed by atoms with Gasteiger partial charge in [0.05, 0.1) is 0 Å². The first-order valence-electron chi connectivity index (χ1n) is 6.46. The fraction of sp³-hybridized carbons (Fsp3) is 0.312. The zero-order valence-electron chi connectivity index (χ0n) is 11.3. The molecule has 94 valence electrons. The van der Waals surface area contributed by atoms with Gasteiger partial charge in [-0.05, 0) is 54.8 Å². The Balaban J connectivity index is 2.36. The number of hydrogen-bond donors (Lipinski definition) is 1. The Bertz CT molecular complexity index is 520. The number of rotatable bonds is 4. The average Bonchev–Trinajstić information content (AvgIpc) is 2.40. The highest BCUT2D eigenvalue weighted by Gasteiger charge is 2.06. The molecule has 0 bridgehead atoms. The normalized spacial score (nSPS) is 12.4. The highest BCUT2D eigenvalue weighted by molar-refractivity contribution is 5.67. The van der Waals surface area contributed by atoms with E-state index >= 15 is 0 Å². The van der Waals surface area contributed by atoms with Gasteiger partial charge in [-0.15, -0.1) is 0 Å². The second-order valence-electron chi connectivity index (χ2n) is 4.60. The van der Waals surface area contributed by atoms with Gasteiger partial charge >= 0.3 is 0 Å². The highest BCUT2D eigenvalue weighted by atomic mass is 14.9. The third-order valence-electron chi connectivity index (χ3n) is 3.23. The molecular formula is C16H20N2. The molecule has 0 fully saturated rings. The minimum absolute atomic E-state index is 0.386. The Morgan fingerprint density at radius 1 is 1.28 bits per heavy atom. The molecule has 1 atom stereocenters. The minimum atomic E-state index is 0.386. The van der Waals surface area contributed by atoms with Gasteiger partial charge in [-0.25, -0.2) is 0 Å². The van der Waals surface area contributed by atoms with Crippen LogP contribution in [0.5, 0.6) is 0 Å². The van der Waals surface area contributed by atoms with Crippen molar-refractivity contribution in [2.45, 2.75) is 26.8 Å². The molecule has 0 saturated carbocycles. The van der Waals surface area contributed by atoms with Gasteiger partial charge in [0.25, 0.3) is 0 Å². The monoisotopic (exact) mass is 240 g/mol. The third-order valence-corrected chi connectivity index (χ3v) is 3.23. The van der Waals surface area contributed by atoms with Crippen LogP contribution in [0, 0.1) is 6.92 Å². The summed E-state index contributed by atoms with van der Waals surface area (Å²) in [5.41, 5.74) is 5.06. The molecule has 0 aliphatic heterocycles. The topological polar surface area (TPSA) is 24.9 Å². The van der Waals surface area contributed by atoms with E-state index in [0.29, 0.717) is 6.04 Å². The van der Waals surface area contributed by atoms with Crippen LogP contribution in [0.3, 0.4) is 0 Å². The van der Waals surface area contributed by atoms with Gasteiger partial charge in [-0.2, -0.15) is 0 Å². The predicted octanol–water partition coefficient (Wildman–Crippen LogP) is 3.73. The maximum absolute atomic E-state index is 4.15. The molecule has 0 spiro atoms. The molecule has 0 aliphatic carbocycles. The number of aryl methyl sites for hydroxylation is 1. The molecule has 2 rings (SSSR count). The largest absolute Gasteiger partial charge is 0.310 e. The Labute approximate surface area is 109 Å². The van der Waals surface area contributed by atoms with Gasteiger partial charge in [-0.3, -0.25) is 4.98 Å². The first kappa shape index (κ1) is 12.8. The van der Waals surface area contributed by atoms with Crippen LogP contribution in [0.15, 0.2) is 42.7 Å². The lowest BCUT2D eigenvalue weighted by Gasteiger charge is -2.14. The van der Waals surface area contributed by atoms with Gasteiger partial charge in [-0.1, -0.05) is 25.1 Å². The van der Waals surface area contributed by atoms with E-state index in [1.165, 1.54) is 22.3 Å². The van der Waals surface area contributed by atoms with Gasteiger partial charge in [0.15, 0.2) is 0 Å². The molecule has 0 aliphatic rings. The fourth-order valence-corrected chi connectivity index (χ4v) is 2.20. The maximum atomic E-state index is 4.15. The lowest BCUT2D eigenvalue weighted by Crippen LogP contribution is -2.17. The molecule has 2 nitrogen and oxygen atoms in total. The maximum Gasteiger partial charge on any atom is 0.0303 e. The van der Waals surface area contributed by atoms with E-state index in [-0.39, 0.29) is 0 Å². The van der Waals surface area contributed by atoms with E-state index in [2.05, 4.69) is 61.4 Å². The Morgan fingerprint density at radius 3 is 2.83 bits per heavy atom. The van der Waals surface area contributed by atoms with Crippen LogP contribution in [0.4, 0.5) is 0 Å². The molecule has 1 N–H and O–H groups in total. The highest BCUT2D eigenvalue weighted by Crippen LogP contribution is 2.25. The summed E-state index contributed by atoms with van der Waals surface area (Å²) in [6, 6.07) is 11.2. The molecule has 0 radical (unpaired) electrons. The molecule has 1 unspecified atom stereocenters. The smallest absolute Gasteiger partial charge is 0.0303 e. The number of benzene rings is 1. The summed E-state index contributed by atoms with van der Waals surface area (Å²) < 4.78 is 0. The van der Waals surface area contributed by atoms with Crippen LogP contribution >= 0.6 is 0 Å². The van der Waals surface area contributed by atoms with E-state index in [0.717, 1.165) is 6.54 Å². The number of aromatic nitrogens is 1. The lowest BCUT2D eigenvalue weighted by molar-refractivity contribution is 0.598. The first-order chi connectivity index (χ1) is 8.72. The quantitative estimate of drug-likeness (QED) is 0.881. The Hall–Kier alpha value is -1.67. The fourth-order valence-electron chi connectivity index (χ4n) is 2.20. The molecule has 1 aromatic carbocycles. The first-order valence-corrected chi connectivity index (χ1v) is 6.46. The molecular weight excluding hydrogens is 220 g/mol. The van der Waals surface area contributed by atoms with Crippen molar-refractivity contribution in [3.8, 4) is 11.1 Å². The number of hydrogen-bond acceptors (Lipinski definition) is 2. The van der Waals surface area contributed by atoms with Crippen LogP contribution in [0.2, 0.25) is 0 Å². The number of nitrogens with one attached hydrogen (secondary N) is 1. The predicted molar refractivity (Wildman–Crippen MR) is 76.5 cm³/mol. The summed E-state index contributed by atoms with van der Waals surface area (Å²) in [5.74, 6) is 0.